The summed E-state index contributed by atoms with van der Waals surface area (Å²) >= 11 is 5.23. The zero-order valence-corrected chi connectivity index (χ0v) is 10.9. The standard InChI is InChI=1S/C14H10F2N2S/c1-8-3-2-4-12-13(8)17-14(19)18(12)11-6-5-9(15)7-10(11)16/h2-7H,1H3,(H,17,19). The minimum atomic E-state index is -0.640. The maximum Gasteiger partial charge on any atom is 0.182 e. The number of rotatable bonds is 1. The molecule has 0 saturated carbocycles. The van der Waals surface area contributed by atoms with Crippen LogP contribution in [-0.4, -0.2) is 9.55 Å². The number of aryl methyl sites for hydroxylation is 1. The fourth-order valence-electron chi connectivity index (χ4n) is 2.18. The molecule has 0 bridgehead atoms. The molecule has 2 aromatic carbocycles. The van der Waals surface area contributed by atoms with Crippen molar-refractivity contribution in [1.29, 1.82) is 0 Å². The molecule has 1 N–H and O–H groups in total. The lowest BCUT2D eigenvalue weighted by molar-refractivity contribution is 0.578. The van der Waals surface area contributed by atoms with Gasteiger partial charge in [-0.05, 0) is 42.9 Å². The summed E-state index contributed by atoms with van der Waals surface area (Å²) in [6.45, 7) is 1.94. The van der Waals surface area contributed by atoms with E-state index >= 15 is 0 Å². The molecule has 1 heterocycles. The number of halogens is 2. The molecule has 96 valence electrons. The van der Waals surface area contributed by atoms with Gasteiger partial charge in [0, 0.05) is 6.07 Å². The highest BCUT2D eigenvalue weighted by molar-refractivity contribution is 7.71. The number of benzene rings is 2. The molecule has 19 heavy (non-hydrogen) atoms. The quantitative estimate of drug-likeness (QED) is 0.658. The topological polar surface area (TPSA) is 20.7 Å². The van der Waals surface area contributed by atoms with Crippen LogP contribution in [0.3, 0.4) is 0 Å². The second kappa shape index (κ2) is 4.28. The molecule has 0 aliphatic heterocycles. The number of H-pyrrole nitrogens is 1. The Labute approximate surface area is 113 Å². The van der Waals surface area contributed by atoms with E-state index in [0.717, 1.165) is 22.7 Å². The Bertz CT molecular complexity index is 833. The van der Waals surface area contributed by atoms with Gasteiger partial charge >= 0.3 is 0 Å². The van der Waals surface area contributed by atoms with Gasteiger partial charge in [0.05, 0.1) is 16.7 Å². The Morgan fingerprint density at radius 2 is 1.95 bits per heavy atom. The Morgan fingerprint density at radius 1 is 1.16 bits per heavy atom. The molecule has 1 aromatic heterocycles. The molecule has 0 spiro atoms. The molecule has 5 heteroatoms. The molecule has 3 rings (SSSR count). The van der Waals surface area contributed by atoms with Crippen LogP contribution in [0.2, 0.25) is 0 Å². The van der Waals surface area contributed by atoms with Gasteiger partial charge in [-0.25, -0.2) is 8.78 Å². The highest BCUT2D eigenvalue weighted by Crippen LogP contribution is 2.24. The molecule has 0 atom stereocenters. The van der Waals surface area contributed by atoms with Crippen LogP contribution in [-0.2, 0) is 0 Å². The third kappa shape index (κ3) is 1.86. The normalized spacial score (nSPS) is 11.1. The van der Waals surface area contributed by atoms with Crippen LogP contribution in [0, 0.1) is 23.3 Å². The summed E-state index contributed by atoms with van der Waals surface area (Å²) in [5.41, 5.74) is 2.89. The van der Waals surface area contributed by atoms with Crippen LogP contribution in [0.15, 0.2) is 36.4 Å². The molecule has 0 fully saturated rings. The number of para-hydroxylation sites is 1. The maximum absolute atomic E-state index is 13.9. The average molecular weight is 276 g/mol. The van der Waals surface area contributed by atoms with Crippen molar-refractivity contribution in [3.63, 3.8) is 0 Å². The second-order valence-electron chi connectivity index (χ2n) is 4.33. The van der Waals surface area contributed by atoms with E-state index in [4.69, 9.17) is 12.2 Å². The van der Waals surface area contributed by atoms with E-state index in [9.17, 15) is 8.78 Å². The number of nitrogens with zero attached hydrogens (tertiary/aromatic N) is 1. The van der Waals surface area contributed by atoms with Crippen molar-refractivity contribution in [1.82, 2.24) is 9.55 Å². The lowest BCUT2D eigenvalue weighted by Gasteiger charge is -2.06. The number of hydrogen-bond acceptors (Lipinski definition) is 1. The molecule has 0 unspecified atom stereocenters. The zero-order chi connectivity index (χ0) is 13.6. The minimum Gasteiger partial charge on any atom is -0.330 e. The van der Waals surface area contributed by atoms with Gasteiger partial charge in [0.2, 0.25) is 0 Å². The number of imidazole rings is 1. The molecule has 3 aromatic rings. The van der Waals surface area contributed by atoms with Crippen molar-refractivity contribution in [2.45, 2.75) is 6.92 Å². The summed E-state index contributed by atoms with van der Waals surface area (Å²) in [6.07, 6.45) is 0. The van der Waals surface area contributed by atoms with Crippen molar-refractivity contribution >= 4 is 23.3 Å². The van der Waals surface area contributed by atoms with E-state index in [1.54, 1.807) is 4.57 Å². The molecule has 2 nitrogen and oxygen atoms in total. The Morgan fingerprint density at radius 3 is 2.68 bits per heavy atom. The molecular formula is C14H10F2N2S. The van der Waals surface area contributed by atoms with Crippen molar-refractivity contribution in [3.05, 3.63) is 58.4 Å². The van der Waals surface area contributed by atoms with E-state index in [1.807, 2.05) is 25.1 Å². The number of nitrogens with one attached hydrogen (secondary N) is 1. The average Bonchev–Trinajstić information content (AvgIpc) is 2.68. The van der Waals surface area contributed by atoms with Gasteiger partial charge < -0.3 is 4.98 Å². The van der Waals surface area contributed by atoms with Gasteiger partial charge in [-0.2, -0.15) is 0 Å². The second-order valence-corrected chi connectivity index (χ2v) is 4.72. The third-order valence-electron chi connectivity index (χ3n) is 3.08. The summed E-state index contributed by atoms with van der Waals surface area (Å²) in [5, 5.41) is 0. The van der Waals surface area contributed by atoms with E-state index in [1.165, 1.54) is 12.1 Å². The maximum atomic E-state index is 13.9. The molecule has 0 aliphatic rings. The van der Waals surface area contributed by atoms with Crippen LogP contribution in [0.25, 0.3) is 16.7 Å². The predicted molar refractivity (Wildman–Crippen MR) is 73.1 cm³/mol. The van der Waals surface area contributed by atoms with Crippen LogP contribution >= 0.6 is 12.2 Å². The first kappa shape index (κ1) is 12.0. The minimum absolute atomic E-state index is 0.239. The van der Waals surface area contributed by atoms with Crippen LogP contribution in [0.1, 0.15) is 5.56 Å². The lowest BCUT2D eigenvalue weighted by Crippen LogP contribution is -1.98. The lowest BCUT2D eigenvalue weighted by atomic mass is 10.2. The molecular weight excluding hydrogens is 266 g/mol. The third-order valence-corrected chi connectivity index (χ3v) is 3.36. The van der Waals surface area contributed by atoms with Gasteiger partial charge in [-0.15, -0.1) is 0 Å². The fraction of sp³-hybridized carbons (Fsp3) is 0.0714. The Balaban J connectivity index is 2.40. The first-order chi connectivity index (χ1) is 9.08. The summed E-state index contributed by atoms with van der Waals surface area (Å²) in [4.78, 5) is 3.05. The molecule has 0 radical (unpaired) electrons. The smallest absolute Gasteiger partial charge is 0.182 e. The highest BCUT2D eigenvalue weighted by atomic mass is 32.1. The van der Waals surface area contributed by atoms with Gasteiger partial charge in [0.15, 0.2) is 4.77 Å². The first-order valence-electron chi connectivity index (χ1n) is 5.73. The van der Waals surface area contributed by atoms with Crippen molar-refractivity contribution in [3.8, 4) is 5.69 Å². The number of aromatic nitrogens is 2. The van der Waals surface area contributed by atoms with E-state index < -0.39 is 11.6 Å². The highest BCUT2D eigenvalue weighted by Gasteiger charge is 2.12. The van der Waals surface area contributed by atoms with Crippen molar-refractivity contribution in [2.24, 2.45) is 0 Å². The Kier molecular flexibility index (Phi) is 2.71. The first-order valence-corrected chi connectivity index (χ1v) is 6.14. The van der Waals surface area contributed by atoms with Gasteiger partial charge in [0.1, 0.15) is 11.6 Å². The number of aromatic amines is 1. The molecule has 0 saturated heterocycles. The van der Waals surface area contributed by atoms with Crippen molar-refractivity contribution < 1.29 is 8.78 Å². The zero-order valence-electron chi connectivity index (χ0n) is 10.1. The SMILES string of the molecule is Cc1cccc2c1[nH]c(=S)n2-c1ccc(F)cc1F. The summed E-state index contributed by atoms with van der Waals surface area (Å²) < 4.78 is 28.8. The predicted octanol–water partition coefficient (Wildman–Crippen LogP) is 4.27. The summed E-state index contributed by atoms with van der Waals surface area (Å²) in [5.74, 6) is -1.25. The van der Waals surface area contributed by atoms with Gasteiger partial charge in [-0.1, -0.05) is 12.1 Å². The monoisotopic (exact) mass is 276 g/mol. The molecule has 0 amide bonds. The Hall–Kier alpha value is -2.01. The van der Waals surface area contributed by atoms with Gasteiger partial charge in [0.25, 0.3) is 0 Å². The van der Waals surface area contributed by atoms with Crippen LogP contribution < -0.4 is 0 Å². The number of hydrogen-bond donors (Lipinski definition) is 1. The van der Waals surface area contributed by atoms with E-state index in [-0.39, 0.29) is 5.69 Å². The van der Waals surface area contributed by atoms with Crippen LogP contribution in [0.5, 0.6) is 0 Å². The van der Waals surface area contributed by atoms with E-state index in [2.05, 4.69) is 4.98 Å². The number of fused-ring (bicyclic) bond motifs is 1. The fourth-order valence-corrected chi connectivity index (χ4v) is 2.47. The molecule has 0 aliphatic carbocycles. The summed E-state index contributed by atoms with van der Waals surface area (Å²) in [6, 6.07) is 9.12. The van der Waals surface area contributed by atoms with E-state index in [0.29, 0.717) is 4.77 Å². The largest absolute Gasteiger partial charge is 0.330 e. The van der Waals surface area contributed by atoms with Gasteiger partial charge in [-0.3, -0.25) is 4.57 Å². The van der Waals surface area contributed by atoms with Crippen LogP contribution in [0.4, 0.5) is 8.78 Å². The van der Waals surface area contributed by atoms with Crippen molar-refractivity contribution in [2.75, 3.05) is 0 Å². The summed E-state index contributed by atoms with van der Waals surface area (Å²) in [7, 11) is 0.